The molecular formula is C9H14N2O. The Morgan fingerprint density at radius 1 is 1.25 bits per heavy atom. The van der Waals surface area contributed by atoms with Crippen LogP contribution in [0.25, 0.3) is 0 Å². The number of nitrogens with two attached hydrogens (primary N) is 2. The van der Waals surface area contributed by atoms with Gasteiger partial charge >= 0.3 is 0 Å². The van der Waals surface area contributed by atoms with Crippen LogP contribution in [0, 0.1) is 0 Å². The molecule has 3 heteroatoms. The quantitative estimate of drug-likeness (QED) is 0.606. The smallest absolute Gasteiger partial charge is 0.120 e. The third-order valence-corrected chi connectivity index (χ3v) is 1.80. The van der Waals surface area contributed by atoms with E-state index in [-0.39, 0.29) is 5.75 Å². The topological polar surface area (TPSA) is 72.3 Å². The van der Waals surface area contributed by atoms with Crippen LogP contribution in [-0.4, -0.2) is 11.7 Å². The SMILES string of the molecule is NCCc1ccc(O)c(CN)c1. The van der Waals surface area contributed by atoms with Crippen molar-refractivity contribution in [1.29, 1.82) is 0 Å². The third-order valence-electron chi connectivity index (χ3n) is 1.80. The summed E-state index contributed by atoms with van der Waals surface area (Å²) in [6.45, 7) is 0.985. The molecule has 0 bridgehead atoms. The van der Waals surface area contributed by atoms with Gasteiger partial charge in [0.25, 0.3) is 0 Å². The summed E-state index contributed by atoms with van der Waals surface area (Å²) < 4.78 is 0. The molecule has 0 radical (unpaired) electrons. The first kappa shape index (κ1) is 9.03. The molecule has 0 unspecified atom stereocenters. The van der Waals surface area contributed by atoms with E-state index in [0.717, 1.165) is 17.5 Å². The molecule has 0 aliphatic heterocycles. The van der Waals surface area contributed by atoms with E-state index < -0.39 is 0 Å². The zero-order valence-corrected chi connectivity index (χ0v) is 6.96. The van der Waals surface area contributed by atoms with Crippen LogP contribution in [0.1, 0.15) is 11.1 Å². The van der Waals surface area contributed by atoms with Crippen LogP contribution in [-0.2, 0) is 13.0 Å². The summed E-state index contributed by atoms with van der Waals surface area (Å²) in [5.41, 5.74) is 12.7. The van der Waals surface area contributed by atoms with E-state index >= 15 is 0 Å². The van der Waals surface area contributed by atoms with Crippen molar-refractivity contribution in [3.05, 3.63) is 29.3 Å². The second kappa shape index (κ2) is 4.09. The zero-order valence-electron chi connectivity index (χ0n) is 6.96. The Kier molecular flexibility index (Phi) is 3.08. The first-order valence-corrected chi connectivity index (χ1v) is 3.99. The van der Waals surface area contributed by atoms with E-state index in [1.807, 2.05) is 12.1 Å². The van der Waals surface area contributed by atoms with E-state index in [0.29, 0.717) is 13.1 Å². The van der Waals surface area contributed by atoms with Crippen molar-refractivity contribution in [1.82, 2.24) is 0 Å². The molecule has 0 aliphatic rings. The molecular weight excluding hydrogens is 152 g/mol. The van der Waals surface area contributed by atoms with Gasteiger partial charge in [-0.3, -0.25) is 0 Å². The number of benzene rings is 1. The largest absolute Gasteiger partial charge is 0.508 e. The number of phenolic OH excluding ortho intramolecular Hbond substituents is 1. The Balaban J connectivity index is 2.89. The molecule has 0 fully saturated rings. The van der Waals surface area contributed by atoms with Crippen LogP contribution in [0.4, 0.5) is 0 Å². The lowest BCUT2D eigenvalue weighted by Crippen LogP contribution is -2.04. The van der Waals surface area contributed by atoms with Gasteiger partial charge in [-0.15, -0.1) is 0 Å². The second-order valence-corrected chi connectivity index (χ2v) is 2.71. The van der Waals surface area contributed by atoms with Crippen molar-refractivity contribution in [2.75, 3.05) is 6.54 Å². The van der Waals surface area contributed by atoms with Crippen LogP contribution in [0.15, 0.2) is 18.2 Å². The maximum atomic E-state index is 9.29. The van der Waals surface area contributed by atoms with Gasteiger partial charge in [0, 0.05) is 12.1 Å². The fourth-order valence-corrected chi connectivity index (χ4v) is 1.12. The van der Waals surface area contributed by atoms with E-state index in [2.05, 4.69) is 0 Å². The first-order valence-electron chi connectivity index (χ1n) is 3.99. The highest BCUT2D eigenvalue weighted by atomic mass is 16.3. The Morgan fingerprint density at radius 2 is 2.00 bits per heavy atom. The first-order chi connectivity index (χ1) is 5.77. The molecule has 0 aliphatic carbocycles. The summed E-state index contributed by atoms with van der Waals surface area (Å²) in [6, 6.07) is 5.41. The van der Waals surface area contributed by atoms with Gasteiger partial charge in [0.15, 0.2) is 0 Å². The average Bonchev–Trinajstić information content (AvgIpc) is 2.09. The summed E-state index contributed by atoms with van der Waals surface area (Å²) in [6.07, 6.45) is 0.827. The average molecular weight is 166 g/mol. The highest BCUT2D eigenvalue weighted by Crippen LogP contribution is 2.17. The Hall–Kier alpha value is -1.06. The van der Waals surface area contributed by atoms with Crippen LogP contribution >= 0.6 is 0 Å². The number of aromatic hydroxyl groups is 1. The molecule has 3 nitrogen and oxygen atoms in total. The van der Waals surface area contributed by atoms with Crippen LogP contribution in [0.2, 0.25) is 0 Å². The molecule has 0 amide bonds. The molecule has 5 N–H and O–H groups in total. The molecule has 0 heterocycles. The van der Waals surface area contributed by atoms with Crippen LogP contribution in [0.5, 0.6) is 5.75 Å². The van der Waals surface area contributed by atoms with Crippen molar-refractivity contribution < 1.29 is 5.11 Å². The summed E-state index contributed by atoms with van der Waals surface area (Å²) in [4.78, 5) is 0. The molecule has 0 spiro atoms. The van der Waals surface area contributed by atoms with Crippen LogP contribution in [0.3, 0.4) is 0 Å². The van der Waals surface area contributed by atoms with E-state index in [4.69, 9.17) is 11.5 Å². The van der Waals surface area contributed by atoms with Crippen molar-refractivity contribution in [2.45, 2.75) is 13.0 Å². The second-order valence-electron chi connectivity index (χ2n) is 2.71. The summed E-state index contributed by atoms with van der Waals surface area (Å²) in [5.74, 6) is 0.262. The van der Waals surface area contributed by atoms with Gasteiger partial charge < -0.3 is 16.6 Å². The minimum Gasteiger partial charge on any atom is -0.508 e. The lowest BCUT2D eigenvalue weighted by molar-refractivity contribution is 0.468. The van der Waals surface area contributed by atoms with Gasteiger partial charge in [0.05, 0.1) is 0 Å². The predicted octanol–water partition coefficient (Wildman–Crippen LogP) is 0.352. The number of rotatable bonds is 3. The minimum atomic E-state index is 0.262. The lowest BCUT2D eigenvalue weighted by atomic mass is 10.1. The normalized spacial score (nSPS) is 10.2. The number of hydrogen-bond donors (Lipinski definition) is 3. The predicted molar refractivity (Wildman–Crippen MR) is 48.8 cm³/mol. The molecule has 1 aromatic carbocycles. The third kappa shape index (κ3) is 1.96. The maximum Gasteiger partial charge on any atom is 0.120 e. The van der Waals surface area contributed by atoms with Gasteiger partial charge in [-0.1, -0.05) is 12.1 Å². The van der Waals surface area contributed by atoms with Crippen molar-refractivity contribution in [3.8, 4) is 5.75 Å². The fraction of sp³-hybridized carbons (Fsp3) is 0.333. The minimum absolute atomic E-state index is 0.262. The van der Waals surface area contributed by atoms with Gasteiger partial charge in [0.1, 0.15) is 5.75 Å². The molecule has 0 saturated carbocycles. The zero-order chi connectivity index (χ0) is 8.97. The Labute approximate surface area is 72.0 Å². The Morgan fingerprint density at radius 3 is 2.58 bits per heavy atom. The summed E-state index contributed by atoms with van der Waals surface area (Å²) >= 11 is 0. The molecule has 1 aromatic rings. The van der Waals surface area contributed by atoms with Gasteiger partial charge in [-0.05, 0) is 24.6 Å². The number of hydrogen-bond acceptors (Lipinski definition) is 3. The van der Waals surface area contributed by atoms with Gasteiger partial charge in [-0.2, -0.15) is 0 Å². The molecule has 0 atom stereocenters. The fourth-order valence-electron chi connectivity index (χ4n) is 1.12. The van der Waals surface area contributed by atoms with E-state index in [1.54, 1.807) is 6.07 Å². The monoisotopic (exact) mass is 166 g/mol. The lowest BCUT2D eigenvalue weighted by Gasteiger charge is -2.04. The molecule has 66 valence electrons. The standard InChI is InChI=1S/C9H14N2O/c10-4-3-7-1-2-9(12)8(5-7)6-11/h1-2,5,12H,3-4,6,10-11H2. The van der Waals surface area contributed by atoms with Crippen molar-refractivity contribution in [2.24, 2.45) is 11.5 Å². The van der Waals surface area contributed by atoms with Crippen molar-refractivity contribution in [3.63, 3.8) is 0 Å². The molecule has 0 saturated heterocycles. The van der Waals surface area contributed by atoms with Gasteiger partial charge in [0.2, 0.25) is 0 Å². The van der Waals surface area contributed by atoms with Gasteiger partial charge in [-0.25, -0.2) is 0 Å². The highest BCUT2D eigenvalue weighted by Gasteiger charge is 1.99. The maximum absolute atomic E-state index is 9.29. The highest BCUT2D eigenvalue weighted by molar-refractivity contribution is 5.36. The van der Waals surface area contributed by atoms with Crippen molar-refractivity contribution >= 4 is 0 Å². The van der Waals surface area contributed by atoms with E-state index in [9.17, 15) is 5.11 Å². The molecule has 12 heavy (non-hydrogen) atoms. The molecule has 0 aromatic heterocycles. The molecule has 1 rings (SSSR count). The van der Waals surface area contributed by atoms with E-state index in [1.165, 1.54) is 0 Å². The van der Waals surface area contributed by atoms with Crippen LogP contribution < -0.4 is 11.5 Å². The summed E-state index contributed by atoms with van der Waals surface area (Å²) in [7, 11) is 0. The number of phenols is 1. The summed E-state index contributed by atoms with van der Waals surface area (Å²) in [5, 5.41) is 9.29. The Bertz CT molecular complexity index is 261.